The highest BCUT2D eigenvalue weighted by atomic mass is 19.1. The molecule has 0 spiro atoms. The molecule has 0 aliphatic carbocycles. The molecule has 0 atom stereocenters. The van der Waals surface area contributed by atoms with Crippen molar-refractivity contribution in [3.63, 3.8) is 0 Å². The molecular weight excluding hydrogens is 357 g/mol. The quantitative estimate of drug-likeness (QED) is 0.757. The molecule has 7 heteroatoms. The van der Waals surface area contributed by atoms with Crippen LogP contribution in [0.3, 0.4) is 0 Å². The maximum Gasteiger partial charge on any atom is 0.267 e. The van der Waals surface area contributed by atoms with Gasteiger partial charge in [-0.05, 0) is 18.2 Å². The number of carbonyl (C=O) groups is 1. The molecule has 4 rings (SSSR count). The monoisotopic (exact) mass is 377 g/mol. The zero-order chi connectivity index (χ0) is 19.5. The minimum atomic E-state index is -0.592. The van der Waals surface area contributed by atoms with E-state index in [1.807, 2.05) is 46.2 Å². The number of aromatic nitrogens is 2. The number of piperazine rings is 1. The molecule has 0 saturated carbocycles. The number of halogens is 1. The molecule has 28 heavy (non-hydrogen) atoms. The van der Waals surface area contributed by atoms with Crippen LogP contribution >= 0.6 is 0 Å². The normalized spacial score (nSPS) is 14.2. The Morgan fingerprint density at radius 1 is 0.893 bits per heavy atom. The number of hydrogen-bond donors (Lipinski definition) is 1. The van der Waals surface area contributed by atoms with Gasteiger partial charge in [0.05, 0.1) is 11.4 Å². The Hall–Kier alpha value is -3.48. The van der Waals surface area contributed by atoms with E-state index in [4.69, 9.17) is 5.73 Å². The van der Waals surface area contributed by atoms with Crippen molar-refractivity contribution >= 4 is 17.5 Å². The Labute approximate surface area is 162 Å². The van der Waals surface area contributed by atoms with Crippen molar-refractivity contribution in [2.45, 2.75) is 0 Å². The van der Waals surface area contributed by atoms with Crippen molar-refractivity contribution in [2.24, 2.45) is 5.73 Å². The molecule has 6 nitrogen and oxygen atoms in total. The van der Waals surface area contributed by atoms with Gasteiger partial charge in [-0.3, -0.25) is 4.79 Å². The predicted octanol–water partition coefficient (Wildman–Crippen LogP) is 2.71. The molecular formula is C21H20FN5O. The molecule has 1 saturated heterocycles. The van der Waals surface area contributed by atoms with Gasteiger partial charge in [0.15, 0.2) is 0 Å². The Bertz CT molecular complexity index is 987. The van der Waals surface area contributed by atoms with Gasteiger partial charge in [-0.25, -0.2) is 14.4 Å². The number of anilines is 2. The van der Waals surface area contributed by atoms with Crippen LogP contribution in [0, 0.1) is 5.82 Å². The fourth-order valence-electron chi connectivity index (χ4n) is 3.31. The minimum absolute atomic E-state index is 0.181. The summed E-state index contributed by atoms with van der Waals surface area (Å²) < 4.78 is 14.0. The molecule has 1 aromatic heterocycles. The second kappa shape index (κ2) is 7.64. The number of para-hydroxylation sites is 1. The summed E-state index contributed by atoms with van der Waals surface area (Å²) >= 11 is 0. The topological polar surface area (TPSA) is 75.4 Å². The van der Waals surface area contributed by atoms with Crippen LogP contribution < -0.4 is 15.5 Å². The van der Waals surface area contributed by atoms with E-state index in [2.05, 4.69) is 9.97 Å². The lowest BCUT2D eigenvalue weighted by Crippen LogP contribution is -2.47. The Morgan fingerprint density at radius 2 is 1.54 bits per heavy atom. The number of nitrogens with zero attached hydrogens (tertiary/aromatic N) is 4. The molecule has 1 fully saturated rings. The lowest BCUT2D eigenvalue weighted by Gasteiger charge is -2.36. The third-order valence-corrected chi connectivity index (χ3v) is 4.79. The van der Waals surface area contributed by atoms with Crippen molar-refractivity contribution in [2.75, 3.05) is 36.0 Å². The van der Waals surface area contributed by atoms with E-state index in [1.165, 1.54) is 6.07 Å². The maximum atomic E-state index is 14.0. The van der Waals surface area contributed by atoms with Gasteiger partial charge >= 0.3 is 0 Å². The van der Waals surface area contributed by atoms with Crippen molar-refractivity contribution in [1.29, 1.82) is 0 Å². The lowest BCUT2D eigenvalue weighted by atomic mass is 10.1. The Kier molecular flexibility index (Phi) is 4.89. The van der Waals surface area contributed by atoms with Crippen LogP contribution in [-0.4, -0.2) is 42.1 Å². The minimum Gasteiger partial charge on any atom is -0.366 e. The number of amides is 1. The van der Waals surface area contributed by atoms with Crippen molar-refractivity contribution < 1.29 is 9.18 Å². The van der Waals surface area contributed by atoms with Crippen LogP contribution in [-0.2, 0) is 0 Å². The number of hydrogen-bond acceptors (Lipinski definition) is 5. The van der Waals surface area contributed by atoms with Gasteiger partial charge in [0.1, 0.15) is 11.5 Å². The highest BCUT2D eigenvalue weighted by Gasteiger charge is 2.22. The molecule has 142 valence electrons. The van der Waals surface area contributed by atoms with Crippen LogP contribution in [0.1, 0.15) is 10.5 Å². The number of benzene rings is 2. The summed E-state index contributed by atoms with van der Waals surface area (Å²) in [5, 5.41) is 0. The van der Waals surface area contributed by atoms with Crippen molar-refractivity contribution in [3.05, 3.63) is 72.2 Å². The van der Waals surface area contributed by atoms with Crippen molar-refractivity contribution in [1.82, 2.24) is 9.97 Å². The zero-order valence-electron chi connectivity index (χ0n) is 15.3. The number of nitrogens with two attached hydrogens (primary N) is 1. The van der Waals surface area contributed by atoms with Crippen molar-refractivity contribution in [3.8, 4) is 11.3 Å². The molecule has 1 aliphatic heterocycles. The van der Waals surface area contributed by atoms with E-state index in [0.29, 0.717) is 43.5 Å². The fourth-order valence-corrected chi connectivity index (χ4v) is 3.31. The molecule has 0 unspecified atom stereocenters. The average molecular weight is 377 g/mol. The second-order valence-electron chi connectivity index (χ2n) is 6.59. The SMILES string of the molecule is NC(=O)c1cc(-c2ccccc2)nc(N2CCN(c3ccccc3F)CC2)n1. The van der Waals surface area contributed by atoms with Gasteiger partial charge in [-0.1, -0.05) is 42.5 Å². The first-order chi connectivity index (χ1) is 13.6. The van der Waals surface area contributed by atoms with E-state index in [9.17, 15) is 9.18 Å². The third-order valence-electron chi connectivity index (χ3n) is 4.79. The van der Waals surface area contributed by atoms with Crippen LogP contribution in [0.25, 0.3) is 11.3 Å². The Balaban J connectivity index is 1.59. The molecule has 2 aromatic carbocycles. The largest absolute Gasteiger partial charge is 0.366 e. The van der Waals surface area contributed by atoms with Gasteiger partial charge in [-0.2, -0.15) is 0 Å². The van der Waals surface area contributed by atoms with Gasteiger partial charge in [0, 0.05) is 31.7 Å². The molecule has 0 bridgehead atoms. The second-order valence-corrected chi connectivity index (χ2v) is 6.59. The van der Waals surface area contributed by atoms with Crippen LogP contribution in [0.2, 0.25) is 0 Å². The first-order valence-electron chi connectivity index (χ1n) is 9.10. The summed E-state index contributed by atoms with van der Waals surface area (Å²) in [7, 11) is 0. The maximum absolute atomic E-state index is 14.0. The summed E-state index contributed by atoms with van der Waals surface area (Å²) in [6, 6.07) is 18.0. The van der Waals surface area contributed by atoms with E-state index in [1.54, 1.807) is 18.2 Å². The number of rotatable bonds is 4. The fraction of sp³-hybridized carbons (Fsp3) is 0.190. The summed E-state index contributed by atoms with van der Waals surface area (Å²) in [4.78, 5) is 24.7. The molecule has 3 aromatic rings. The zero-order valence-corrected chi connectivity index (χ0v) is 15.3. The number of primary amides is 1. The van der Waals surface area contributed by atoms with Gasteiger partial charge in [0.2, 0.25) is 5.95 Å². The van der Waals surface area contributed by atoms with Crippen LogP contribution in [0.5, 0.6) is 0 Å². The first kappa shape index (κ1) is 17.9. The smallest absolute Gasteiger partial charge is 0.267 e. The first-order valence-corrected chi connectivity index (χ1v) is 9.10. The highest BCUT2D eigenvalue weighted by Crippen LogP contribution is 2.24. The van der Waals surface area contributed by atoms with Crippen LogP contribution in [0.4, 0.5) is 16.0 Å². The summed E-state index contributed by atoms with van der Waals surface area (Å²) in [5.41, 5.74) is 7.79. The van der Waals surface area contributed by atoms with Gasteiger partial charge < -0.3 is 15.5 Å². The van der Waals surface area contributed by atoms with Crippen LogP contribution in [0.15, 0.2) is 60.7 Å². The molecule has 0 radical (unpaired) electrons. The lowest BCUT2D eigenvalue weighted by molar-refractivity contribution is 0.0995. The Morgan fingerprint density at radius 3 is 2.21 bits per heavy atom. The van der Waals surface area contributed by atoms with E-state index in [-0.39, 0.29) is 11.5 Å². The van der Waals surface area contributed by atoms with E-state index < -0.39 is 5.91 Å². The standard InChI is InChI=1S/C21H20FN5O/c22-16-8-4-5-9-19(16)26-10-12-27(13-11-26)21-24-17(14-18(25-21)20(23)28)15-6-2-1-3-7-15/h1-9,14H,10-13H2,(H2,23,28). The van der Waals surface area contributed by atoms with E-state index in [0.717, 1.165) is 5.56 Å². The predicted molar refractivity (Wildman–Crippen MR) is 107 cm³/mol. The van der Waals surface area contributed by atoms with E-state index >= 15 is 0 Å². The average Bonchev–Trinajstić information content (AvgIpc) is 2.74. The molecule has 2 heterocycles. The summed E-state index contributed by atoms with van der Waals surface area (Å²) in [6.07, 6.45) is 0. The molecule has 1 amide bonds. The summed E-state index contributed by atoms with van der Waals surface area (Å²) in [6.45, 7) is 2.49. The van der Waals surface area contributed by atoms with Gasteiger partial charge in [0.25, 0.3) is 5.91 Å². The third kappa shape index (κ3) is 3.64. The van der Waals surface area contributed by atoms with Gasteiger partial charge in [-0.15, -0.1) is 0 Å². The highest BCUT2D eigenvalue weighted by molar-refractivity contribution is 5.92. The molecule has 2 N–H and O–H groups in total. The molecule has 1 aliphatic rings. The number of carbonyl (C=O) groups excluding carboxylic acids is 1. The summed E-state index contributed by atoms with van der Waals surface area (Å²) in [5.74, 6) is -0.358.